The normalized spacial score (nSPS) is 10.9. The smallest absolute Gasteiger partial charge is 0.336 e. The van der Waals surface area contributed by atoms with E-state index in [1.165, 1.54) is 30.3 Å². The number of pyridine rings is 1. The van der Waals surface area contributed by atoms with Crippen LogP contribution in [-0.2, 0) is 0 Å². The summed E-state index contributed by atoms with van der Waals surface area (Å²) in [7, 11) is 0. The molecule has 10 nitrogen and oxygen atoms in total. The second-order valence-electron chi connectivity index (χ2n) is 6.58. The molecule has 31 heavy (non-hydrogen) atoms. The minimum atomic E-state index is -1.20. The molecular weight excluding hydrogens is 404 g/mol. The number of H-pyrrole nitrogens is 1. The zero-order chi connectivity index (χ0) is 22.1. The minimum absolute atomic E-state index is 0.0436. The van der Waals surface area contributed by atoms with Gasteiger partial charge in [0, 0.05) is 23.3 Å². The maximum absolute atomic E-state index is 12.0. The lowest BCUT2D eigenvalue weighted by atomic mass is 10.0. The number of ether oxygens (including phenoxy) is 1. The van der Waals surface area contributed by atoms with Gasteiger partial charge < -0.3 is 14.9 Å². The Morgan fingerprint density at radius 2 is 2.00 bits per heavy atom. The number of phenols is 1. The molecule has 3 N–H and O–H groups in total. The molecule has 0 amide bonds. The lowest BCUT2D eigenvalue weighted by Crippen LogP contribution is -2.00. The number of non-ortho nitro benzene ring substituents is 1. The SMILES string of the molecule is CCOc1cc(-c2cc(C(=O)O)c3c(-c4cccc([N+](=O)[O-])c4)[nH]nc3n2)ccc1O. The number of hydrogen-bond donors (Lipinski definition) is 3. The van der Waals surface area contributed by atoms with Crippen LogP contribution in [0.15, 0.2) is 48.5 Å². The third-order valence-corrected chi connectivity index (χ3v) is 4.66. The van der Waals surface area contributed by atoms with Gasteiger partial charge in [0.05, 0.1) is 33.9 Å². The molecule has 0 aliphatic rings. The number of aromatic amines is 1. The molecule has 0 radical (unpaired) electrons. The standard InChI is InChI=1S/C21H16N4O6/c1-2-31-17-9-11(6-7-16(17)26)15-10-14(21(27)28)18-19(23-24-20(18)22-15)12-4-3-5-13(8-12)25(29)30/h3-10,26H,2H2,1H3,(H,27,28)(H,22,23,24). The Hall–Kier alpha value is -4.47. The van der Waals surface area contributed by atoms with Crippen molar-refractivity contribution in [1.82, 2.24) is 15.2 Å². The van der Waals surface area contributed by atoms with Gasteiger partial charge in [-0.2, -0.15) is 5.10 Å². The molecule has 10 heteroatoms. The van der Waals surface area contributed by atoms with Gasteiger partial charge in [-0.15, -0.1) is 0 Å². The summed E-state index contributed by atoms with van der Waals surface area (Å²) in [6.07, 6.45) is 0. The first-order valence-electron chi connectivity index (χ1n) is 9.22. The summed E-state index contributed by atoms with van der Waals surface area (Å²) < 4.78 is 5.39. The van der Waals surface area contributed by atoms with Crippen LogP contribution in [0.25, 0.3) is 33.5 Å². The number of phenolic OH excluding ortho intramolecular Hbond substituents is 1. The molecule has 0 atom stereocenters. The number of nitro groups is 1. The van der Waals surface area contributed by atoms with E-state index in [0.717, 1.165) is 0 Å². The van der Waals surface area contributed by atoms with Crippen molar-refractivity contribution >= 4 is 22.7 Å². The molecule has 2 heterocycles. The number of nitrogens with zero attached hydrogens (tertiary/aromatic N) is 3. The Labute approximate surface area is 174 Å². The lowest BCUT2D eigenvalue weighted by Gasteiger charge is -2.09. The molecule has 0 bridgehead atoms. The topological polar surface area (TPSA) is 151 Å². The van der Waals surface area contributed by atoms with Crippen LogP contribution in [-0.4, -0.2) is 42.9 Å². The average Bonchev–Trinajstić information content (AvgIpc) is 3.19. The summed E-state index contributed by atoms with van der Waals surface area (Å²) in [5, 5.41) is 38.0. The number of nitro benzene ring substituents is 1. The van der Waals surface area contributed by atoms with E-state index in [2.05, 4.69) is 15.2 Å². The molecule has 0 aliphatic carbocycles. The predicted molar refractivity (Wildman–Crippen MR) is 111 cm³/mol. The van der Waals surface area contributed by atoms with E-state index in [1.54, 1.807) is 25.1 Å². The third-order valence-electron chi connectivity index (χ3n) is 4.66. The van der Waals surface area contributed by atoms with E-state index in [9.17, 15) is 25.1 Å². The third kappa shape index (κ3) is 3.62. The number of carboxylic acid groups (broad SMARTS) is 1. The van der Waals surface area contributed by atoms with Crippen molar-refractivity contribution in [2.24, 2.45) is 0 Å². The van der Waals surface area contributed by atoms with Crippen LogP contribution in [0, 0.1) is 10.1 Å². The first-order valence-corrected chi connectivity index (χ1v) is 9.22. The fourth-order valence-electron chi connectivity index (χ4n) is 3.27. The number of aromatic nitrogens is 3. The Morgan fingerprint density at radius 1 is 1.19 bits per heavy atom. The summed E-state index contributed by atoms with van der Waals surface area (Å²) >= 11 is 0. The molecule has 4 rings (SSSR count). The summed E-state index contributed by atoms with van der Waals surface area (Å²) in [5.41, 5.74) is 1.53. The van der Waals surface area contributed by atoms with Crippen molar-refractivity contribution in [3.05, 3.63) is 64.2 Å². The monoisotopic (exact) mass is 420 g/mol. The molecule has 0 saturated carbocycles. The van der Waals surface area contributed by atoms with E-state index in [4.69, 9.17) is 4.74 Å². The van der Waals surface area contributed by atoms with Gasteiger partial charge in [0.15, 0.2) is 17.1 Å². The maximum atomic E-state index is 12.0. The first kappa shape index (κ1) is 19.8. The molecule has 0 saturated heterocycles. The number of aromatic carboxylic acids is 1. The zero-order valence-electron chi connectivity index (χ0n) is 16.2. The highest BCUT2D eigenvalue weighted by molar-refractivity contribution is 6.08. The number of benzene rings is 2. The van der Waals surface area contributed by atoms with Crippen LogP contribution in [0.2, 0.25) is 0 Å². The molecule has 4 aromatic rings. The summed E-state index contributed by atoms with van der Waals surface area (Å²) in [5.74, 6) is -0.999. The fourth-order valence-corrected chi connectivity index (χ4v) is 3.27. The number of hydrogen-bond acceptors (Lipinski definition) is 7. The Morgan fingerprint density at radius 3 is 2.71 bits per heavy atom. The highest BCUT2D eigenvalue weighted by Gasteiger charge is 2.21. The van der Waals surface area contributed by atoms with Crippen LogP contribution in [0.1, 0.15) is 17.3 Å². The van der Waals surface area contributed by atoms with Gasteiger partial charge in [-0.3, -0.25) is 15.2 Å². The van der Waals surface area contributed by atoms with Crippen LogP contribution in [0.3, 0.4) is 0 Å². The molecular formula is C21H16N4O6. The molecule has 0 fully saturated rings. The summed E-state index contributed by atoms with van der Waals surface area (Å²) in [6, 6.07) is 11.8. The van der Waals surface area contributed by atoms with Crippen molar-refractivity contribution in [2.45, 2.75) is 6.92 Å². The van der Waals surface area contributed by atoms with Gasteiger partial charge in [-0.05, 0) is 31.2 Å². The van der Waals surface area contributed by atoms with Crippen LogP contribution >= 0.6 is 0 Å². The largest absolute Gasteiger partial charge is 0.504 e. The van der Waals surface area contributed by atoms with Gasteiger partial charge in [-0.25, -0.2) is 9.78 Å². The summed E-state index contributed by atoms with van der Waals surface area (Å²) in [4.78, 5) is 27.1. The average molecular weight is 420 g/mol. The van der Waals surface area contributed by atoms with E-state index >= 15 is 0 Å². The molecule has 2 aromatic carbocycles. The number of carbonyl (C=O) groups is 1. The molecule has 0 unspecified atom stereocenters. The fraction of sp³-hybridized carbons (Fsp3) is 0.0952. The van der Waals surface area contributed by atoms with Crippen molar-refractivity contribution < 1.29 is 24.7 Å². The Bertz CT molecular complexity index is 1330. The molecule has 0 spiro atoms. The highest BCUT2D eigenvalue weighted by Crippen LogP contribution is 2.35. The van der Waals surface area contributed by atoms with Crippen molar-refractivity contribution in [3.8, 4) is 34.0 Å². The van der Waals surface area contributed by atoms with Gasteiger partial charge in [0.1, 0.15) is 0 Å². The van der Waals surface area contributed by atoms with E-state index in [1.807, 2.05) is 0 Å². The second kappa shape index (κ2) is 7.75. The quantitative estimate of drug-likeness (QED) is 0.313. The molecule has 2 aromatic heterocycles. The van der Waals surface area contributed by atoms with E-state index in [-0.39, 0.29) is 33.8 Å². The van der Waals surface area contributed by atoms with Crippen LogP contribution in [0.5, 0.6) is 11.5 Å². The van der Waals surface area contributed by atoms with E-state index < -0.39 is 10.9 Å². The Kier molecular flexibility index (Phi) is 4.96. The number of fused-ring (bicyclic) bond motifs is 1. The second-order valence-corrected chi connectivity index (χ2v) is 6.58. The van der Waals surface area contributed by atoms with Crippen LogP contribution in [0.4, 0.5) is 5.69 Å². The minimum Gasteiger partial charge on any atom is -0.504 e. The molecule has 0 aliphatic heterocycles. The van der Waals surface area contributed by atoms with Crippen molar-refractivity contribution in [1.29, 1.82) is 0 Å². The Balaban J connectivity index is 1.90. The van der Waals surface area contributed by atoms with Crippen LogP contribution < -0.4 is 4.74 Å². The number of rotatable bonds is 6. The maximum Gasteiger partial charge on any atom is 0.336 e. The van der Waals surface area contributed by atoms with Crippen molar-refractivity contribution in [3.63, 3.8) is 0 Å². The number of nitrogens with one attached hydrogen (secondary N) is 1. The van der Waals surface area contributed by atoms with Gasteiger partial charge >= 0.3 is 5.97 Å². The van der Waals surface area contributed by atoms with Crippen molar-refractivity contribution in [2.75, 3.05) is 6.61 Å². The highest BCUT2D eigenvalue weighted by atomic mass is 16.6. The molecule has 156 valence electrons. The number of aromatic hydroxyl groups is 1. The van der Waals surface area contributed by atoms with Gasteiger partial charge in [0.2, 0.25) is 0 Å². The van der Waals surface area contributed by atoms with Gasteiger partial charge in [0.25, 0.3) is 5.69 Å². The lowest BCUT2D eigenvalue weighted by molar-refractivity contribution is -0.384. The zero-order valence-corrected chi connectivity index (χ0v) is 16.2. The van der Waals surface area contributed by atoms with E-state index in [0.29, 0.717) is 29.1 Å². The summed E-state index contributed by atoms with van der Waals surface area (Å²) in [6.45, 7) is 2.12. The first-order chi connectivity index (χ1) is 14.9. The van der Waals surface area contributed by atoms with Gasteiger partial charge in [-0.1, -0.05) is 12.1 Å². The predicted octanol–water partition coefficient (Wildman–Crippen LogP) is 4.00. The number of carboxylic acids is 1.